The largest absolute Gasteiger partial charge is 0.490 e. The molecule has 3 aliphatic heterocycles. The van der Waals surface area contributed by atoms with Crippen molar-refractivity contribution in [3.8, 4) is 0 Å². The van der Waals surface area contributed by atoms with Crippen molar-refractivity contribution in [2.45, 2.75) is 73.6 Å². The van der Waals surface area contributed by atoms with Gasteiger partial charge in [0.25, 0.3) is 16.7 Å². The maximum atomic E-state index is 13.7. The second-order valence-electron chi connectivity index (χ2n) is 15.9. The van der Waals surface area contributed by atoms with Crippen LogP contribution in [0, 0.1) is 0 Å². The number of nitrogens with zero attached hydrogens (tertiary/aromatic N) is 9. The van der Waals surface area contributed by atoms with Crippen LogP contribution in [0.15, 0.2) is 52.3 Å². The Morgan fingerprint density at radius 2 is 0.813 bits per heavy atom. The number of phosphoric ester groups is 3. The van der Waals surface area contributed by atoms with Crippen LogP contribution in [-0.2, 0) is 68.3 Å². The summed E-state index contributed by atoms with van der Waals surface area (Å²) in [6, 6.07) is 0. The van der Waals surface area contributed by atoms with Gasteiger partial charge >= 0.3 is 39.1 Å². The molecule has 0 aromatic carbocycles. The first-order chi connectivity index (χ1) is 35.1. The molecule has 3 saturated heterocycles. The highest BCUT2D eigenvalue weighted by molar-refractivity contribution is 7.66. The van der Waals surface area contributed by atoms with Crippen molar-refractivity contribution >= 4 is 72.6 Å². The molecule has 16 atom stereocenters. The lowest BCUT2D eigenvalue weighted by Gasteiger charge is -2.25. The average Bonchev–Trinajstić information content (AvgIpc) is 4.18. The first-order valence-electron chi connectivity index (χ1n) is 20.6. The Morgan fingerprint density at radius 1 is 0.467 bits per heavy atom. The summed E-state index contributed by atoms with van der Waals surface area (Å²) in [6.07, 6.45) is -17.0. The molecular weight excluding hydrogens is 1130 g/mol. The highest BCUT2D eigenvalue weighted by atomic mass is 31.3. The Kier molecular flexibility index (Phi) is 15.2. The van der Waals surface area contributed by atoms with Crippen molar-refractivity contribution in [3.63, 3.8) is 0 Å². The van der Waals surface area contributed by atoms with Gasteiger partial charge in [-0.1, -0.05) is 0 Å². The molecular formula is C30H37N12O28P5. The molecule has 0 amide bonds. The van der Waals surface area contributed by atoms with Crippen LogP contribution in [0.5, 0.6) is 0 Å². The van der Waals surface area contributed by atoms with E-state index in [1.165, 1.54) is 0 Å². The third-order valence-corrected chi connectivity index (χ3v) is 16.8. The van der Waals surface area contributed by atoms with Crippen LogP contribution < -0.4 is 16.7 Å². The predicted molar refractivity (Wildman–Crippen MR) is 231 cm³/mol. The van der Waals surface area contributed by atoms with Gasteiger partial charge in [-0.15, -0.1) is 0 Å². The first-order valence-corrected chi connectivity index (χ1v) is 28.1. The number of phosphoric acid groups is 5. The van der Waals surface area contributed by atoms with E-state index in [9.17, 15) is 77.2 Å². The highest BCUT2D eigenvalue weighted by Gasteiger charge is 2.54. The molecule has 6 aromatic rings. The molecule has 0 spiro atoms. The first kappa shape index (κ1) is 55.2. The summed E-state index contributed by atoms with van der Waals surface area (Å²) in [4.78, 5) is 127. The molecule has 13 unspecified atom stereocenters. The summed E-state index contributed by atoms with van der Waals surface area (Å²) in [6.45, 7) is -3.54. The Bertz CT molecular complexity index is 3550. The number of rotatable bonds is 20. The number of nitrogens with one attached hydrogen (secondary N) is 3. The topological polar surface area (TPSA) is 571 Å². The number of aromatic amines is 3. The van der Waals surface area contributed by atoms with Gasteiger partial charge in [0.15, 0.2) is 52.2 Å². The number of imidazole rings is 3. The van der Waals surface area contributed by atoms with Crippen LogP contribution in [0.1, 0.15) is 18.7 Å². The molecule has 13 N–H and O–H groups in total. The minimum absolute atomic E-state index is 0.0589. The lowest BCUT2D eigenvalue weighted by Crippen LogP contribution is -2.37. The predicted octanol–water partition coefficient (Wildman–Crippen LogP) is -4.13. The molecule has 9 rings (SSSR count). The minimum atomic E-state index is -6.02. The van der Waals surface area contributed by atoms with Crippen LogP contribution in [0.25, 0.3) is 33.5 Å². The molecule has 40 nitrogen and oxygen atoms in total. The Hall–Kier alpha value is -4.60. The van der Waals surface area contributed by atoms with Gasteiger partial charge in [0.2, 0.25) is 0 Å². The third kappa shape index (κ3) is 11.7. The van der Waals surface area contributed by atoms with Crippen LogP contribution in [0.2, 0.25) is 0 Å². The quantitative estimate of drug-likeness (QED) is 0.0323. The van der Waals surface area contributed by atoms with E-state index in [0.717, 1.165) is 51.7 Å². The smallest absolute Gasteiger partial charge is 0.387 e. The van der Waals surface area contributed by atoms with Gasteiger partial charge in [-0.05, 0) is 0 Å². The van der Waals surface area contributed by atoms with Gasteiger partial charge in [0.1, 0.15) is 54.9 Å². The number of H-pyrrole nitrogens is 3. The van der Waals surface area contributed by atoms with Gasteiger partial charge in [0.05, 0.1) is 57.8 Å². The molecule has 410 valence electrons. The van der Waals surface area contributed by atoms with Crippen molar-refractivity contribution in [1.82, 2.24) is 58.6 Å². The fourth-order valence-corrected chi connectivity index (χ4v) is 12.7. The molecule has 0 aliphatic carbocycles. The van der Waals surface area contributed by atoms with Crippen LogP contribution in [-0.4, -0.2) is 183 Å². The molecule has 0 radical (unpaired) electrons. The van der Waals surface area contributed by atoms with Gasteiger partial charge in [-0.3, -0.25) is 50.7 Å². The summed E-state index contributed by atoms with van der Waals surface area (Å²) in [5, 5.41) is 44.5. The number of hydrogen-bond donors (Lipinski definition) is 13. The van der Waals surface area contributed by atoms with E-state index >= 15 is 0 Å². The SMILES string of the molecule is O=c1[nH]cnc2c1ncn2C1OC(COP(=O)(O)OC2C(O)C(COP(=O)(O)OP(=O)(O)OP(=O)(O)O)OC2n2cnc3c(=O)[nH]cnc32)C(O)C1OP(=O)(O)OC[C@H]1OC(n2cnc3c(=O)[nH]cnc32)[C@H](O)[C@@H]1O. The minimum Gasteiger partial charge on any atom is -0.387 e. The van der Waals surface area contributed by atoms with Gasteiger partial charge < -0.3 is 78.9 Å². The number of aliphatic hydroxyl groups excluding tert-OH is 4. The van der Waals surface area contributed by atoms with E-state index in [1.807, 2.05) is 0 Å². The van der Waals surface area contributed by atoms with Crippen molar-refractivity contribution in [2.24, 2.45) is 0 Å². The summed E-state index contributed by atoms with van der Waals surface area (Å²) in [5.74, 6) is 0. The maximum absolute atomic E-state index is 13.7. The average molecular weight is 1170 g/mol. The molecule has 9 heterocycles. The number of hydrogen-bond acceptors (Lipinski definition) is 28. The zero-order valence-corrected chi connectivity index (χ0v) is 41.1. The van der Waals surface area contributed by atoms with Crippen molar-refractivity contribution in [1.29, 1.82) is 0 Å². The summed E-state index contributed by atoms with van der Waals surface area (Å²) in [5.41, 5.74) is -3.66. The monoisotopic (exact) mass is 1170 g/mol. The van der Waals surface area contributed by atoms with Gasteiger partial charge in [-0.25, -0.2) is 52.7 Å². The highest BCUT2D eigenvalue weighted by Crippen LogP contribution is 2.66. The van der Waals surface area contributed by atoms with Gasteiger partial charge in [0, 0.05) is 0 Å². The third-order valence-electron chi connectivity index (χ3n) is 11.0. The molecule has 0 bridgehead atoms. The molecule has 3 aliphatic rings. The van der Waals surface area contributed by atoms with Crippen LogP contribution in [0.4, 0.5) is 0 Å². The zero-order valence-electron chi connectivity index (χ0n) is 36.6. The van der Waals surface area contributed by atoms with Crippen LogP contribution >= 0.6 is 39.1 Å². The Labute approximate surface area is 411 Å². The van der Waals surface area contributed by atoms with Crippen molar-refractivity contribution in [3.05, 3.63) is 69.0 Å². The van der Waals surface area contributed by atoms with Crippen molar-refractivity contribution in [2.75, 3.05) is 19.8 Å². The maximum Gasteiger partial charge on any atom is 0.490 e. The molecule has 75 heavy (non-hydrogen) atoms. The Morgan fingerprint density at radius 3 is 1.20 bits per heavy atom. The zero-order chi connectivity index (χ0) is 54.2. The number of fused-ring (bicyclic) bond motifs is 3. The number of ether oxygens (including phenoxy) is 3. The fraction of sp³-hybridized carbons (Fsp3) is 0.500. The summed E-state index contributed by atoms with van der Waals surface area (Å²) in [7, 11) is -28.8. The van der Waals surface area contributed by atoms with Crippen molar-refractivity contribution < 1.29 is 118 Å². The normalized spacial score (nSPS) is 30.7. The lowest BCUT2D eigenvalue weighted by molar-refractivity contribution is -0.0644. The molecule has 6 aromatic heterocycles. The fourth-order valence-electron chi connectivity index (χ4n) is 7.81. The summed E-state index contributed by atoms with van der Waals surface area (Å²) < 4.78 is 116. The van der Waals surface area contributed by atoms with E-state index < -0.39 is 149 Å². The molecule has 45 heteroatoms. The van der Waals surface area contributed by atoms with E-state index in [2.05, 4.69) is 58.0 Å². The summed E-state index contributed by atoms with van der Waals surface area (Å²) >= 11 is 0. The molecule has 0 saturated carbocycles. The lowest BCUT2D eigenvalue weighted by atomic mass is 10.1. The number of aliphatic hydroxyl groups is 4. The second-order valence-corrected chi connectivity index (χ2v) is 23.1. The van der Waals surface area contributed by atoms with E-state index in [0.29, 0.717) is 0 Å². The Balaban J connectivity index is 0.915. The van der Waals surface area contributed by atoms with E-state index in [1.54, 1.807) is 0 Å². The standard InChI is InChI=1S/C30H37N12O28P5/c43-16-10(64-28(19(16)46)40-7-37-13-22(40)31-4-34-25(13)47)1-61-72(53,54)67-20-17(44)11(65-29(20)41-8-38-14-23(41)32-5-35-26(14)48)2-62-73(55,56)68-21-18(45)12(3-63-74(57,58)70-75(59,60)69-71(50,51)52)66-30(21)42-9-39-15-24(42)33-6-36-27(15)49/h4-12,16-21,28-30,43-46H,1-3H2,(H,53,54)(H,55,56)(H,57,58)(H,59,60)(H,31,34,47)(H,32,35,48)(H,33,36,49)(H2,50,51,52)/t10-,11?,12?,16-,17?,18?,19-,20?,21?,28?,29?,30?/m1/s1. The molecule has 3 fully saturated rings. The van der Waals surface area contributed by atoms with E-state index in [-0.39, 0.29) is 33.5 Å². The van der Waals surface area contributed by atoms with E-state index in [4.69, 9.17) is 42.1 Å². The van der Waals surface area contributed by atoms with Crippen LogP contribution in [0.3, 0.4) is 0 Å². The number of aromatic nitrogens is 12. The van der Waals surface area contributed by atoms with Gasteiger partial charge in [-0.2, -0.15) is 8.62 Å². The second kappa shape index (κ2) is 20.6.